The molecule has 0 saturated heterocycles. The zero-order valence-electron chi connectivity index (χ0n) is 13.3. The second-order valence-electron chi connectivity index (χ2n) is 5.76. The normalized spacial score (nSPS) is 17.1. The summed E-state index contributed by atoms with van der Waals surface area (Å²) in [4.78, 5) is 4.51. The Balaban J connectivity index is 1.96. The van der Waals surface area contributed by atoms with Crippen molar-refractivity contribution in [2.75, 3.05) is 6.54 Å². The van der Waals surface area contributed by atoms with E-state index in [4.69, 9.17) is 0 Å². The molecule has 0 radical (unpaired) electrons. The van der Waals surface area contributed by atoms with E-state index in [0.717, 1.165) is 24.6 Å². The number of hydrogen-bond donors (Lipinski definition) is 2. The topological polar surface area (TPSA) is 54.2 Å². The third-order valence-electron chi connectivity index (χ3n) is 3.79. The predicted octanol–water partition coefficient (Wildman–Crippen LogP) is 1.69. The molecule has 0 amide bonds. The second-order valence-corrected chi connectivity index (χ2v) is 5.76. The summed E-state index contributed by atoms with van der Waals surface area (Å²) in [6.07, 6.45) is 3.50. The van der Waals surface area contributed by atoms with Crippen molar-refractivity contribution in [2.45, 2.75) is 59.0 Å². The molecule has 1 fully saturated rings. The van der Waals surface area contributed by atoms with Gasteiger partial charge in [-0.25, -0.2) is 0 Å². The molecule has 1 aliphatic carbocycles. The molecule has 1 aliphatic rings. The van der Waals surface area contributed by atoms with Crippen molar-refractivity contribution >= 4 is 5.96 Å². The maximum absolute atomic E-state index is 4.51. The molecule has 5 heteroatoms. The first-order valence-electron chi connectivity index (χ1n) is 7.57. The SMILES string of the molecule is CCN=C(NC(C)Cc1c(C)nn(C)c1C)NC1CC1. The number of aromatic nitrogens is 2. The molecule has 0 aromatic carbocycles. The number of aliphatic imine (C=N–C) groups is 1. The zero-order chi connectivity index (χ0) is 14.7. The Morgan fingerprint density at radius 3 is 2.65 bits per heavy atom. The summed E-state index contributed by atoms with van der Waals surface area (Å²) in [5.74, 6) is 0.946. The summed E-state index contributed by atoms with van der Waals surface area (Å²) in [7, 11) is 2.00. The number of nitrogens with zero attached hydrogens (tertiary/aromatic N) is 3. The summed E-state index contributed by atoms with van der Waals surface area (Å²) in [5, 5.41) is 11.4. The molecule has 0 aliphatic heterocycles. The van der Waals surface area contributed by atoms with Gasteiger partial charge in [0.2, 0.25) is 0 Å². The first-order valence-corrected chi connectivity index (χ1v) is 7.57. The minimum atomic E-state index is 0.341. The smallest absolute Gasteiger partial charge is 0.191 e. The lowest BCUT2D eigenvalue weighted by atomic mass is 10.1. The van der Waals surface area contributed by atoms with Gasteiger partial charge < -0.3 is 10.6 Å². The maximum Gasteiger partial charge on any atom is 0.191 e. The van der Waals surface area contributed by atoms with Crippen molar-refractivity contribution in [3.05, 3.63) is 17.0 Å². The van der Waals surface area contributed by atoms with Crippen LogP contribution in [0.2, 0.25) is 0 Å². The number of nitrogens with one attached hydrogen (secondary N) is 2. The first kappa shape index (κ1) is 14.9. The average molecular weight is 277 g/mol. The predicted molar refractivity (Wildman–Crippen MR) is 83.1 cm³/mol. The molecule has 1 heterocycles. The van der Waals surface area contributed by atoms with Crippen LogP contribution in [0.25, 0.3) is 0 Å². The number of aryl methyl sites for hydroxylation is 2. The molecule has 5 nitrogen and oxygen atoms in total. The molecule has 112 valence electrons. The molecule has 0 bridgehead atoms. The van der Waals surface area contributed by atoms with Gasteiger partial charge in [-0.2, -0.15) is 5.10 Å². The first-order chi connectivity index (χ1) is 9.51. The van der Waals surface area contributed by atoms with Crippen LogP contribution in [0.3, 0.4) is 0 Å². The van der Waals surface area contributed by atoms with Gasteiger partial charge in [0.15, 0.2) is 5.96 Å². The van der Waals surface area contributed by atoms with E-state index >= 15 is 0 Å². The van der Waals surface area contributed by atoms with Crippen molar-refractivity contribution < 1.29 is 0 Å². The number of hydrogen-bond acceptors (Lipinski definition) is 2. The highest BCUT2D eigenvalue weighted by Crippen LogP contribution is 2.18. The van der Waals surface area contributed by atoms with Gasteiger partial charge in [-0.1, -0.05) is 0 Å². The summed E-state index contributed by atoms with van der Waals surface area (Å²) in [5.41, 5.74) is 3.72. The lowest BCUT2D eigenvalue weighted by Crippen LogP contribution is -2.44. The van der Waals surface area contributed by atoms with Gasteiger partial charge in [-0.05, 0) is 52.5 Å². The fourth-order valence-electron chi connectivity index (χ4n) is 2.42. The Hall–Kier alpha value is -1.52. The third-order valence-corrected chi connectivity index (χ3v) is 3.79. The van der Waals surface area contributed by atoms with Crippen molar-refractivity contribution in [3.8, 4) is 0 Å². The van der Waals surface area contributed by atoms with Gasteiger partial charge in [0, 0.05) is 31.4 Å². The minimum absolute atomic E-state index is 0.341. The van der Waals surface area contributed by atoms with Crippen LogP contribution in [0.4, 0.5) is 0 Å². The third kappa shape index (κ3) is 3.74. The summed E-state index contributed by atoms with van der Waals surface area (Å²) in [6.45, 7) is 9.28. The van der Waals surface area contributed by atoms with Gasteiger partial charge in [0.05, 0.1) is 5.69 Å². The summed E-state index contributed by atoms with van der Waals surface area (Å²) in [6, 6.07) is 0.968. The summed E-state index contributed by atoms with van der Waals surface area (Å²) >= 11 is 0. The molecule has 1 aromatic heterocycles. The lowest BCUT2D eigenvalue weighted by molar-refractivity contribution is 0.633. The summed E-state index contributed by atoms with van der Waals surface area (Å²) < 4.78 is 1.96. The molecular weight excluding hydrogens is 250 g/mol. The Morgan fingerprint density at radius 2 is 2.15 bits per heavy atom. The maximum atomic E-state index is 4.51. The average Bonchev–Trinajstić information content (AvgIpc) is 3.15. The Bertz CT molecular complexity index is 485. The fourth-order valence-corrected chi connectivity index (χ4v) is 2.42. The monoisotopic (exact) mass is 277 g/mol. The van der Waals surface area contributed by atoms with E-state index in [1.165, 1.54) is 24.1 Å². The molecule has 1 saturated carbocycles. The van der Waals surface area contributed by atoms with Crippen LogP contribution in [0.1, 0.15) is 43.6 Å². The van der Waals surface area contributed by atoms with E-state index in [0.29, 0.717) is 12.1 Å². The number of guanidine groups is 1. The highest BCUT2D eigenvalue weighted by atomic mass is 15.3. The lowest BCUT2D eigenvalue weighted by Gasteiger charge is -2.18. The molecule has 1 atom stereocenters. The van der Waals surface area contributed by atoms with Crippen molar-refractivity contribution in [3.63, 3.8) is 0 Å². The van der Waals surface area contributed by atoms with Gasteiger partial charge in [-0.15, -0.1) is 0 Å². The van der Waals surface area contributed by atoms with Crippen LogP contribution >= 0.6 is 0 Å². The minimum Gasteiger partial charge on any atom is -0.354 e. The molecule has 2 rings (SSSR count). The quantitative estimate of drug-likeness (QED) is 0.636. The zero-order valence-corrected chi connectivity index (χ0v) is 13.3. The van der Waals surface area contributed by atoms with Crippen LogP contribution in [0, 0.1) is 13.8 Å². The molecular formula is C15H27N5. The van der Waals surface area contributed by atoms with Crippen LogP contribution in [0.15, 0.2) is 4.99 Å². The molecule has 1 aromatic rings. The number of rotatable bonds is 5. The Labute approximate surface area is 121 Å². The van der Waals surface area contributed by atoms with Crippen LogP contribution in [-0.2, 0) is 13.5 Å². The van der Waals surface area contributed by atoms with E-state index < -0.39 is 0 Å². The molecule has 0 spiro atoms. The van der Waals surface area contributed by atoms with Crippen LogP contribution in [0.5, 0.6) is 0 Å². The largest absolute Gasteiger partial charge is 0.354 e. The van der Waals surface area contributed by atoms with Crippen molar-refractivity contribution in [1.29, 1.82) is 0 Å². The highest BCUT2D eigenvalue weighted by molar-refractivity contribution is 5.80. The van der Waals surface area contributed by atoms with Crippen molar-refractivity contribution in [2.24, 2.45) is 12.0 Å². The molecule has 2 N–H and O–H groups in total. The van der Waals surface area contributed by atoms with Gasteiger partial charge in [0.25, 0.3) is 0 Å². The van der Waals surface area contributed by atoms with Crippen LogP contribution < -0.4 is 10.6 Å². The van der Waals surface area contributed by atoms with E-state index in [2.05, 4.69) is 48.4 Å². The second kappa shape index (κ2) is 6.29. The Morgan fingerprint density at radius 1 is 1.45 bits per heavy atom. The molecule has 1 unspecified atom stereocenters. The van der Waals surface area contributed by atoms with Gasteiger partial charge >= 0.3 is 0 Å². The van der Waals surface area contributed by atoms with Gasteiger partial charge in [-0.3, -0.25) is 9.67 Å². The van der Waals surface area contributed by atoms with E-state index in [1.807, 2.05) is 11.7 Å². The van der Waals surface area contributed by atoms with Crippen molar-refractivity contribution in [1.82, 2.24) is 20.4 Å². The molecule has 20 heavy (non-hydrogen) atoms. The fraction of sp³-hybridized carbons (Fsp3) is 0.733. The van der Waals surface area contributed by atoms with Gasteiger partial charge in [0.1, 0.15) is 0 Å². The van der Waals surface area contributed by atoms with E-state index in [1.54, 1.807) is 0 Å². The van der Waals surface area contributed by atoms with Crippen LogP contribution in [-0.4, -0.2) is 34.4 Å². The van der Waals surface area contributed by atoms with E-state index in [-0.39, 0.29) is 0 Å². The van der Waals surface area contributed by atoms with E-state index in [9.17, 15) is 0 Å². The highest BCUT2D eigenvalue weighted by Gasteiger charge is 2.23. The standard InChI is InChI=1S/C15H27N5/c1-6-16-15(18-13-7-8-13)17-10(2)9-14-11(3)19-20(5)12(14)4/h10,13H,6-9H2,1-5H3,(H2,16,17,18). The Kier molecular flexibility index (Phi) is 4.68.